The van der Waals surface area contributed by atoms with Gasteiger partial charge in [0.25, 0.3) is 0 Å². The van der Waals surface area contributed by atoms with Crippen LogP contribution >= 0.6 is 11.6 Å². The lowest BCUT2D eigenvalue weighted by Gasteiger charge is -2.35. The highest BCUT2D eigenvalue weighted by molar-refractivity contribution is 6.32. The Morgan fingerprint density at radius 2 is 2.00 bits per heavy atom. The molecule has 1 fully saturated rings. The fourth-order valence-corrected chi connectivity index (χ4v) is 5.69. The normalized spacial score (nSPS) is 15.6. The largest absolute Gasteiger partial charge is 0.495 e. The number of nitrogens with zero attached hydrogens (tertiary/aromatic N) is 7. The molecule has 0 radical (unpaired) electrons. The predicted octanol–water partition coefficient (Wildman–Crippen LogP) is 4.75. The number of halogens is 1. The predicted molar refractivity (Wildman–Crippen MR) is 154 cm³/mol. The molecule has 11 heteroatoms. The van der Waals surface area contributed by atoms with Crippen LogP contribution in [0.5, 0.6) is 5.75 Å². The van der Waals surface area contributed by atoms with Crippen LogP contribution in [-0.4, -0.2) is 69.1 Å². The minimum absolute atomic E-state index is 0.0624. The first kappa shape index (κ1) is 26.9. The molecule has 1 saturated heterocycles. The zero-order chi connectivity index (χ0) is 27.5. The highest BCUT2D eigenvalue weighted by atomic mass is 35.5. The van der Waals surface area contributed by atoms with Crippen LogP contribution in [0.15, 0.2) is 30.6 Å². The van der Waals surface area contributed by atoms with Gasteiger partial charge in [-0.1, -0.05) is 17.7 Å². The second-order valence-corrected chi connectivity index (χ2v) is 10.1. The molecule has 1 aromatic carbocycles. The fourth-order valence-electron chi connectivity index (χ4n) is 5.41. The van der Waals surface area contributed by atoms with Crippen molar-refractivity contribution in [2.24, 2.45) is 5.92 Å². The number of ether oxygens (including phenoxy) is 1. The second kappa shape index (κ2) is 11.6. The van der Waals surface area contributed by atoms with E-state index in [1.807, 2.05) is 60.9 Å². The molecule has 3 aromatic heterocycles. The number of anilines is 2. The van der Waals surface area contributed by atoms with Crippen LogP contribution in [0.1, 0.15) is 39.2 Å². The molecule has 1 aliphatic rings. The van der Waals surface area contributed by atoms with Crippen molar-refractivity contribution in [1.82, 2.24) is 29.9 Å². The van der Waals surface area contributed by atoms with Crippen molar-refractivity contribution in [3.63, 3.8) is 0 Å². The fraction of sp³-hybridized carbons (Fsp3) is 0.464. The summed E-state index contributed by atoms with van der Waals surface area (Å²) in [4.78, 5) is 22.0. The van der Waals surface area contributed by atoms with Crippen molar-refractivity contribution in [3.8, 4) is 5.75 Å². The average molecular weight is 551 g/mol. The van der Waals surface area contributed by atoms with Crippen LogP contribution < -0.4 is 15.0 Å². The van der Waals surface area contributed by atoms with E-state index in [2.05, 4.69) is 25.5 Å². The van der Waals surface area contributed by atoms with Crippen molar-refractivity contribution in [1.29, 1.82) is 0 Å². The van der Waals surface area contributed by atoms with Crippen molar-refractivity contribution >= 4 is 50.9 Å². The van der Waals surface area contributed by atoms with Gasteiger partial charge < -0.3 is 19.9 Å². The molecule has 0 spiro atoms. The van der Waals surface area contributed by atoms with Gasteiger partial charge in [-0.2, -0.15) is 5.10 Å². The number of aryl methyl sites for hydroxylation is 1. The Labute approximate surface area is 233 Å². The van der Waals surface area contributed by atoms with Crippen molar-refractivity contribution < 1.29 is 9.53 Å². The number of nitrogens with one attached hydrogen (secondary N) is 1. The third kappa shape index (κ3) is 5.17. The molecule has 39 heavy (non-hydrogen) atoms. The van der Waals surface area contributed by atoms with E-state index < -0.39 is 0 Å². The topological polar surface area (TPSA) is 101 Å². The Bertz CT molecular complexity index is 1490. The summed E-state index contributed by atoms with van der Waals surface area (Å²) < 4.78 is 7.16. The molecular formula is C28H35ClN8O2. The minimum Gasteiger partial charge on any atom is -0.495 e. The SMILES string of the molecule is CCN(CC)C(=O)C1CCCN(c2nnc(NCc3ccc(OC)c(Cl)c3)c3c2cnc2c3cnn2CC)C1. The Balaban J connectivity index is 1.52. The Morgan fingerprint density at radius 1 is 1.18 bits per heavy atom. The highest BCUT2D eigenvalue weighted by Crippen LogP contribution is 2.35. The first-order chi connectivity index (χ1) is 19.0. The van der Waals surface area contributed by atoms with Crippen LogP contribution in [0.25, 0.3) is 21.8 Å². The average Bonchev–Trinajstić information content (AvgIpc) is 3.40. The van der Waals surface area contributed by atoms with Gasteiger partial charge in [0.1, 0.15) is 5.75 Å². The maximum Gasteiger partial charge on any atom is 0.227 e. The van der Waals surface area contributed by atoms with E-state index >= 15 is 0 Å². The Morgan fingerprint density at radius 3 is 2.72 bits per heavy atom. The van der Waals surface area contributed by atoms with Crippen LogP contribution in [0.4, 0.5) is 11.6 Å². The van der Waals surface area contributed by atoms with Gasteiger partial charge >= 0.3 is 0 Å². The Hall–Kier alpha value is -3.66. The molecule has 4 aromatic rings. The first-order valence-electron chi connectivity index (χ1n) is 13.6. The minimum atomic E-state index is -0.0624. The van der Waals surface area contributed by atoms with Gasteiger partial charge in [-0.25, -0.2) is 9.67 Å². The van der Waals surface area contributed by atoms with Crippen LogP contribution in [0.2, 0.25) is 5.02 Å². The number of carbonyl (C=O) groups excluding carboxylic acids is 1. The summed E-state index contributed by atoms with van der Waals surface area (Å²) in [6.07, 6.45) is 5.51. The van der Waals surface area contributed by atoms with Gasteiger partial charge in [0.2, 0.25) is 5.91 Å². The number of carbonyl (C=O) groups is 1. The molecule has 1 aliphatic heterocycles. The third-order valence-electron chi connectivity index (χ3n) is 7.51. The second-order valence-electron chi connectivity index (χ2n) is 9.73. The number of hydrogen-bond acceptors (Lipinski definition) is 8. The summed E-state index contributed by atoms with van der Waals surface area (Å²) in [6.45, 7) is 10.2. The first-order valence-corrected chi connectivity index (χ1v) is 14.0. The van der Waals surface area contributed by atoms with E-state index in [9.17, 15) is 4.79 Å². The van der Waals surface area contributed by atoms with E-state index in [-0.39, 0.29) is 11.8 Å². The molecule has 5 rings (SSSR count). The van der Waals surface area contributed by atoms with Crippen LogP contribution in [-0.2, 0) is 17.9 Å². The molecule has 1 N–H and O–H groups in total. The molecular weight excluding hydrogens is 516 g/mol. The lowest BCUT2D eigenvalue weighted by Crippen LogP contribution is -2.45. The number of rotatable bonds is 9. The Kier molecular flexibility index (Phi) is 8.02. The zero-order valence-corrected chi connectivity index (χ0v) is 23.7. The standard InChI is InChI=1S/C28H35ClN8O2/c1-5-35(6-2)28(38)19-9-8-12-36(17-19)27-20-15-31-26-21(16-32-37(26)7-3)24(20)25(33-34-27)30-14-18-10-11-23(39-4)22(29)13-18/h10-11,13,15-16,19H,5-9,12,14,17H2,1-4H3,(H,30,33). The number of benzene rings is 1. The van der Waals surface area contributed by atoms with Gasteiger partial charge in [0, 0.05) is 56.2 Å². The van der Waals surface area contributed by atoms with Gasteiger partial charge in [-0.15, -0.1) is 10.2 Å². The monoisotopic (exact) mass is 550 g/mol. The van der Waals surface area contributed by atoms with Gasteiger partial charge in [-0.3, -0.25) is 4.79 Å². The molecule has 1 amide bonds. The summed E-state index contributed by atoms with van der Waals surface area (Å²) in [5.41, 5.74) is 1.79. The van der Waals surface area contributed by atoms with Crippen LogP contribution in [0, 0.1) is 5.92 Å². The van der Waals surface area contributed by atoms with E-state index in [0.29, 0.717) is 36.2 Å². The molecule has 0 aliphatic carbocycles. The highest BCUT2D eigenvalue weighted by Gasteiger charge is 2.30. The molecule has 0 saturated carbocycles. The molecule has 1 atom stereocenters. The summed E-state index contributed by atoms with van der Waals surface area (Å²) >= 11 is 6.35. The summed E-state index contributed by atoms with van der Waals surface area (Å²) in [5, 5.41) is 20.6. The molecule has 0 bridgehead atoms. The van der Waals surface area contributed by atoms with Crippen molar-refractivity contribution in [2.75, 3.05) is 43.5 Å². The lowest BCUT2D eigenvalue weighted by molar-refractivity contribution is -0.135. The van der Waals surface area contributed by atoms with Gasteiger partial charge in [0.05, 0.1) is 29.6 Å². The van der Waals surface area contributed by atoms with E-state index in [0.717, 1.165) is 65.7 Å². The van der Waals surface area contributed by atoms with Crippen LogP contribution in [0.3, 0.4) is 0 Å². The number of hydrogen-bond donors (Lipinski definition) is 1. The molecule has 1 unspecified atom stereocenters. The maximum absolute atomic E-state index is 13.2. The van der Waals surface area contributed by atoms with Gasteiger partial charge in [0.15, 0.2) is 17.3 Å². The van der Waals surface area contributed by atoms with Gasteiger partial charge in [-0.05, 0) is 51.3 Å². The van der Waals surface area contributed by atoms with E-state index in [1.165, 1.54) is 0 Å². The maximum atomic E-state index is 13.2. The lowest BCUT2D eigenvalue weighted by atomic mass is 9.96. The zero-order valence-electron chi connectivity index (χ0n) is 22.9. The number of amides is 1. The van der Waals surface area contributed by atoms with Crippen molar-refractivity contribution in [3.05, 3.63) is 41.2 Å². The van der Waals surface area contributed by atoms with Crippen molar-refractivity contribution in [2.45, 2.75) is 46.7 Å². The van der Waals surface area contributed by atoms with E-state index in [1.54, 1.807) is 7.11 Å². The number of fused-ring (bicyclic) bond motifs is 3. The number of pyridine rings is 1. The third-order valence-corrected chi connectivity index (χ3v) is 7.80. The van der Waals surface area contributed by atoms with E-state index in [4.69, 9.17) is 21.3 Å². The molecule has 206 valence electrons. The summed E-state index contributed by atoms with van der Waals surface area (Å²) in [7, 11) is 1.60. The number of methoxy groups -OCH3 is 1. The number of piperidine rings is 1. The summed E-state index contributed by atoms with van der Waals surface area (Å²) in [5.74, 6) is 2.18. The molecule has 10 nitrogen and oxygen atoms in total. The number of aromatic nitrogens is 5. The summed E-state index contributed by atoms with van der Waals surface area (Å²) in [6, 6.07) is 5.70. The quantitative estimate of drug-likeness (QED) is 0.318. The smallest absolute Gasteiger partial charge is 0.227 e. The molecule has 4 heterocycles.